The summed E-state index contributed by atoms with van der Waals surface area (Å²) < 4.78 is 0. The first-order valence-corrected chi connectivity index (χ1v) is 4.36. The van der Waals surface area contributed by atoms with Crippen molar-refractivity contribution < 1.29 is 10.0 Å². The standard InChI is InChI=1S/C10H13NO3/c1-10(2,12)8-4-3-5-9(7-6-8)11(13)14/h3-4,6-7,12H,5H2,1-2H3. The van der Waals surface area contributed by atoms with Crippen molar-refractivity contribution in [2.75, 3.05) is 0 Å². The molecule has 1 aliphatic rings. The molecule has 0 aromatic rings. The van der Waals surface area contributed by atoms with E-state index in [9.17, 15) is 15.2 Å². The molecule has 1 N–H and O–H groups in total. The van der Waals surface area contributed by atoms with Gasteiger partial charge in [0.2, 0.25) is 5.70 Å². The lowest BCUT2D eigenvalue weighted by molar-refractivity contribution is -0.426. The third-order valence-corrected chi connectivity index (χ3v) is 2.02. The maximum atomic E-state index is 10.5. The number of allylic oxidation sites excluding steroid dienone is 3. The highest BCUT2D eigenvalue weighted by atomic mass is 16.6. The van der Waals surface area contributed by atoms with Crippen molar-refractivity contribution in [1.82, 2.24) is 0 Å². The molecule has 0 aliphatic heterocycles. The Kier molecular flexibility index (Phi) is 2.86. The minimum atomic E-state index is -0.959. The zero-order valence-corrected chi connectivity index (χ0v) is 8.23. The molecule has 14 heavy (non-hydrogen) atoms. The number of aliphatic hydroxyl groups is 1. The third kappa shape index (κ3) is 2.53. The first-order valence-electron chi connectivity index (χ1n) is 4.36. The molecule has 0 spiro atoms. The van der Waals surface area contributed by atoms with E-state index in [4.69, 9.17) is 0 Å². The van der Waals surface area contributed by atoms with Gasteiger partial charge in [-0.1, -0.05) is 12.2 Å². The van der Waals surface area contributed by atoms with Gasteiger partial charge in [0.1, 0.15) is 0 Å². The minimum Gasteiger partial charge on any atom is -0.386 e. The predicted molar refractivity (Wildman–Crippen MR) is 53.2 cm³/mol. The molecule has 0 unspecified atom stereocenters. The summed E-state index contributed by atoms with van der Waals surface area (Å²) in [5.74, 6) is 0. The van der Waals surface area contributed by atoms with Gasteiger partial charge < -0.3 is 5.11 Å². The Balaban J connectivity index is 2.98. The lowest BCUT2D eigenvalue weighted by Crippen LogP contribution is -2.20. The summed E-state index contributed by atoms with van der Waals surface area (Å²) in [6.45, 7) is 3.29. The van der Waals surface area contributed by atoms with E-state index in [-0.39, 0.29) is 5.70 Å². The van der Waals surface area contributed by atoms with Gasteiger partial charge in [0.25, 0.3) is 0 Å². The first-order chi connectivity index (χ1) is 6.41. The van der Waals surface area contributed by atoms with Crippen molar-refractivity contribution in [3.63, 3.8) is 0 Å². The molecule has 0 saturated heterocycles. The van der Waals surface area contributed by atoms with Crippen LogP contribution in [0.3, 0.4) is 0 Å². The Bertz CT molecular complexity index is 332. The molecule has 0 atom stereocenters. The number of hydrogen-bond acceptors (Lipinski definition) is 3. The number of nitro groups is 1. The molecule has 1 rings (SSSR count). The molecule has 0 saturated carbocycles. The summed E-state index contributed by atoms with van der Waals surface area (Å²) in [4.78, 5) is 10.1. The highest BCUT2D eigenvalue weighted by Gasteiger charge is 2.18. The monoisotopic (exact) mass is 195 g/mol. The maximum Gasteiger partial charge on any atom is 0.249 e. The molecule has 76 valence electrons. The van der Waals surface area contributed by atoms with Gasteiger partial charge in [0.05, 0.1) is 16.9 Å². The molecule has 0 aromatic heterocycles. The van der Waals surface area contributed by atoms with E-state index in [1.54, 1.807) is 32.1 Å². The Morgan fingerprint density at radius 3 is 2.64 bits per heavy atom. The van der Waals surface area contributed by atoms with Crippen LogP contribution in [0, 0.1) is 10.1 Å². The molecular weight excluding hydrogens is 182 g/mol. The molecule has 0 radical (unpaired) electrons. The van der Waals surface area contributed by atoms with Crippen LogP contribution in [0.1, 0.15) is 20.3 Å². The average molecular weight is 195 g/mol. The first kappa shape index (κ1) is 10.7. The van der Waals surface area contributed by atoms with Crippen LogP contribution >= 0.6 is 0 Å². The van der Waals surface area contributed by atoms with E-state index in [0.717, 1.165) is 0 Å². The molecule has 0 fully saturated rings. The predicted octanol–water partition coefficient (Wildman–Crippen LogP) is 1.80. The van der Waals surface area contributed by atoms with Gasteiger partial charge in [-0.25, -0.2) is 0 Å². The molecular formula is C10H13NO3. The number of rotatable bonds is 2. The molecule has 0 bridgehead atoms. The maximum absolute atomic E-state index is 10.5. The molecule has 1 aliphatic carbocycles. The van der Waals surface area contributed by atoms with Gasteiger partial charge in [-0.05, 0) is 25.5 Å². The normalized spacial score (nSPS) is 17.1. The van der Waals surface area contributed by atoms with E-state index < -0.39 is 10.5 Å². The number of hydrogen-bond donors (Lipinski definition) is 1. The lowest BCUT2D eigenvalue weighted by Gasteiger charge is -2.17. The van der Waals surface area contributed by atoms with Crippen molar-refractivity contribution in [2.24, 2.45) is 0 Å². The zero-order chi connectivity index (χ0) is 10.8. The van der Waals surface area contributed by atoms with Gasteiger partial charge in [-0.15, -0.1) is 0 Å². The highest BCUT2D eigenvalue weighted by molar-refractivity contribution is 5.34. The van der Waals surface area contributed by atoms with Crippen LogP contribution in [0.15, 0.2) is 35.6 Å². The zero-order valence-electron chi connectivity index (χ0n) is 8.23. The highest BCUT2D eigenvalue weighted by Crippen LogP contribution is 2.20. The minimum absolute atomic E-state index is 0.139. The second kappa shape index (κ2) is 3.75. The largest absolute Gasteiger partial charge is 0.386 e. The van der Waals surface area contributed by atoms with Crippen molar-refractivity contribution in [1.29, 1.82) is 0 Å². The molecule has 0 amide bonds. The van der Waals surface area contributed by atoms with Gasteiger partial charge in [0.15, 0.2) is 0 Å². The topological polar surface area (TPSA) is 63.4 Å². The summed E-state index contributed by atoms with van der Waals surface area (Å²) in [6.07, 6.45) is 6.72. The van der Waals surface area contributed by atoms with Crippen LogP contribution < -0.4 is 0 Å². The lowest BCUT2D eigenvalue weighted by atomic mass is 9.98. The fourth-order valence-corrected chi connectivity index (χ4v) is 1.16. The van der Waals surface area contributed by atoms with Crippen LogP contribution in [0.2, 0.25) is 0 Å². The van der Waals surface area contributed by atoms with Gasteiger partial charge in [-0.3, -0.25) is 10.1 Å². The van der Waals surface area contributed by atoms with Crippen LogP contribution in [0.5, 0.6) is 0 Å². The third-order valence-electron chi connectivity index (χ3n) is 2.02. The van der Waals surface area contributed by atoms with E-state index in [1.165, 1.54) is 6.08 Å². The van der Waals surface area contributed by atoms with E-state index in [1.807, 2.05) is 0 Å². The Morgan fingerprint density at radius 1 is 1.50 bits per heavy atom. The Hall–Kier alpha value is -1.42. The second-order valence-corrected chi connectivity index (χ2v) is 3.70. The van der Waals surface area contributed by atoms with Crippen LogP contribution in [-0.4, -0.2) is 15.6 Å². The summed E-state index contributed by atoms with van der Waals surface area (Å²) in [7, 11) is 0. The molecule has 4 heteroatoms. The van der Waals surface area contributed by atoms with Crippen molar-refractivity contribution in [3.05, 3.63) is 45.7 Å². The van der Waals surface area contributed by atoms with E-state index >= 15 is 0 Å². The smallest absolute Gasteiger partial charge is 0.249 e. The van der Waals surface area contributed by atoms with Crippen molar-refractivity contribution in [2.45, 2.75) is 25.9 Å². The summed E-state index contributed by atoms with van der Waals surface area (Å²) >= 11 is 0. The summed E-state index contributed by atoms with van der Waals surface area (Å²) in [5, 5.41) is 20.1. The average Bonchev–Trinajstić information content (AvgIpc) is 2.26. The number of nitrogens with zero attached hydrogens (tertiary/aromatic N) is 1. The van der Waals surface area contributed by atoms with Crippen LogP contribution in [0.4, 0.5) is 0 Å². The van der Waals surface area contributed by atoms with Crippen molar-refractivity contribution >= 4 is 0 Å². The summed E-state index contributed by atoms with van der Waals surface area (Å²) in [6, 6.07) is 0. The molecule has 0 heterocycles. The van der Waals surface area contributed by atoms with Gasteiger partial charge in [-0.2, -0.15) is 0 Å². The van der Waals surface area contributed by atoms with Crippen LogP contribution in [-0.2, 0) is 0 Å². The summed E-state index contributed by atoms with van der Waals surface area (Å²) in [5.41, 5.74) is -0.145. The van der Waals surface area contributed by atoms with E-state index in [2.05, 4.69) is 0 Å². The fraction of sp³-hybridized carbons (Fsp3) is 0.400. The van der Waals surface area contributed by atoms with E-state index in [0.29, 0.717) is 12.0 Å². The van der Waals surface area contributed by atoms with Crippen LogP contribution in [0.25, 0.3) is 0 Å². The van der Waals surface area contributed by atoms with Crippen molar-refractivity contribution in [3.8, 4) is 0 Å². The van der Waals surface area contributed by atoms with Gasteiger partial charge in [0, 0.05) is 6.08 Å². The Morgan fingerprint density at radius 2 is 2.14 bits per heavy atom. The van der Waals surface area contributed by atoms with Gasteiger partial charge >= 0.3 is 0 Å². The molecule has 4 nitrogen and oxygen atoms in total. The molecule has 0 aromatic carbocycles. The quantitative estimate of drug-likeness (QED) is 0.539. The fourth-order valence-electron chi connectivity index (χ4n) is 1.16. The second-order valence-electron chi connectivity index (χ2n) is 3.70. The SMILES string of the molecule is CC(C)(O)C1=CC=C([N+](=O)[O-])CC=C1. The Labute approximate surface area is 82.4 Å².